The minimum atomic E-state index is -3.46. The summed E-state index contributed by atoms with van der Waals surface area (Å²) in [6.45, 7) is 9.27. The number of imide groups is 1. The molecule has 1 atom stereocenters. The molecule has 11 heteroatoms. The lowest BCUT2D eigenvalue weighted by atomic mass is 9.98. The molecule has 4 rings (SSSR count). The summed E-state index contributed by atoms with van der Waals surface area (Å²) in [5, 5.41) is 3.51. The number of carbonyl (C=O) groups excluding carboxylic acids is 2. The Morgan fingerprint density at radius 3 is 2.51 bits per heavy atom. The first kappa shape index (κ1) is 25.2. The molecule has 35 heavy (non-hydrogen) atoms. The number of rotatable bonds is 8. The molecule has 0 saturated carbocycles. The second-order valence-corrected chi connectivity index (χ2v) is 11.3. The third-order valence-corrected chi connectivity index (χ3v) is 9.05. The molecule has 0 radical (unpaired) electrons. The Morgan fingerprint density at radius 1 is 1.14 bits per heavy atom. The third kappa shape index (κ3) is 4.31. The summed E-state index contributed by atoms with van der Waals surface area (Å²) in [4.78, 5) is 41.9. The van der Waals surface area contributed by atoms with Crippen molar-refractivity contribution in [3.63, 3.8) is 0 Å². The Balaban J connectivity index is 1.54. The van der Waals surface area contributed by atoms with Gasteiger partial charge in [0.1, 0.15) is 11.1 Å². The topological polar surface area (TPSA) is 120 Å². The highest BCUT2D eigenvalue weighted by atomic mass is 32.2. The maximum absolute atomic E-state index is 13.2. The van der Waals surface area contributed by atoms with E-state index in [9.17, 15) is 22.8 Å². The quantitative estimate of drug-likeness (QED) is 0.430. The van der Waals surface area contributed by atoms with E-state index in [1.165, 1.54) is 4.31 Å². The molecule has 1 spiro atoms. The molecule has 10 nitrogen and oxygen atoms in total. The number of carbonyl (C=O) groups is 2. The van der Waals surface area contributed by atoms with Gasteiger partial charge in [-0.05, 0) is 58.2 Å². The van der Waals surface area contributed by atoms with Gasteiger partial charge in [-0.2, -0.15) is 4.31 Å². The monoisotopic (exact) mass is 504 g/mol. The zero-order valence-electron chi connectivity index (χ0n) is 20.6. The molecular weight excluding hydrogens is 472 g/mol. The lowest BCUT2D eigenvalue weighted by Crippen LogP contribution is -2.50. The van der Waals surface area contributed by atoms with Crippen LogP contribution in [0.15, 0.2) is 27.4 Å². The van der Waals surface area contributed by atoms with E-state index < -0.39 is 33.1 Å². The molecular formula is C24H32N4O6S. The number of aryl methyl sites for hydroxylation is 1. The van der Waals surface area contributed by atoms with Crippen molar-refractivity contribution in [2.45, 2.75) is 46.1 Å². The number of amides is 3. The van der Waals surface area contributed by atoms with Crippen LogP contribution in [0.4, 0.5) is 10.5 Å². The molecule has 1 N–H and O–H groups in total. The molecule has 0 bridgehead atoms. The maximum Gasteiger partial charge on any atom is 0.339 e. The van der Waals surface area contributed by atoms with Gasteiger partial charge in [0.25, 0.3) is 5.91 Å². The summed E-state index contributed by atoms with van der Waals surface area (Å²) in [5.41, 5.74) is 0.898. The highest BCUT2D eigenvalue weighted by Crippen LogP contribution is 2.31. The van der Waals surface area contributed by atoms with Crippen molar-refractivity contribution < 1.29 is 22.4 Å². The van der Waals surface area contributed by atoms with E-state index >= 15 is 0 Å². The van der Waals surface area contributed by atoms with Crippen LogP contribution in [-0.4, -0.2) is 73.6 Å². The Bertz CT molecular complexity index is 1330. The van der Waals surface area contributed by atoms with Gasteiger partial charge in [0.2, 0.25) is 10.0 Å². The van der Waals surface area contributed by atoms with Crippen LogP contribution in [-0.2, 0) is 21.2 Å². The molecule has 3 amide bonds. The van der Waals surface area contributed by atoms with Crippen LogP contribution in [0.25, 0.3) is 11.0 Å². The van der Waals surface area contributed by atoms with Crippen LogP contribution in [0.5, 0.6) is 0 Å². The van der Waals surface area contributed by atoms with Gasteiger partial charge in [0, 0.05) is 55.4 Å². The van der Waals surface area contributed by atoms with Crippen molar-refractivity contribution in [1.82, 2.24) is 14.5 Å². The summed E-state index contributed by atoms with van der Waals surface area (Å²) in [5.74, 6) is -0.523. The summed E-state index contributed by atoms with van der Waals surface area (Å²) >= 11 is 0. The normalized spacial score (nSPS) is 20.9. The van der Waals surface area contributed by atoms with Gasteiger partial charge >= 0.3 is 11.7 Å². The molecule has 190 valence electrons. The lowest BCUT2D eigenvalue weighted by Gasteiger charge is -2.22. The van der Waals surface area contributed by atoms with E-state index in [0.717, 1.165) is 34.6 Å². The predicted molar refractivity (Wildman–Crippen MR) is 133 cm³/mol. The zero-order chi connectivity index (χ0) is 25.5. The number of benzene rings is 1. The summed E-state index contributed by atoms with van der Waals surface area (Å²) in [7, 11) is -3.46. The smallest absolute Gasteiger partial charge is 0.339 e. The number of fused-ring (bicyclic) bond motifs is 1. The molecule has 1 aromatic heterocycles. The van der Waals surface area contributed by atoms with Crippen LogP contribution in [0.2, 0.25) is 0 Å². The average Bonchev–Trinajstić information content (AvgIpc) is 3.36. The molecule has 2 aromatic rings. The van der Waals surface area contributed by atoms with Crippen molar-refractivity contribution in [2.75, 3.05) is 43.4 Å². The van der Waals surface area contributed by atoms with Gasteiger partial charge in [0.05, 0.1) is 5.75 Å². The van der Waals surface area contributed by atoms with Crippen LogP contribution in [0, 0.1) is 6.92 Å². The van der Waals surface area contributed by atoms with Gasteiger partial charge in [-0.15, -0.1) is 0 Å². The van der Waals surface area contributed by atoms with Gasteiger partial charge in [-0.3, -0.25) is 9.69 Å². The van der Waals surface area contributed by atoms with Gasteiger partial charge in [-0.25, -0.2) is 18.0 Å². The van der Waals surface area contributed by atoms with Crippen molar-refractivity contribution >= 4 is 38.6 Å². The van der Waals surface area contributed by atoms with E-state index in [4.69, 9.17) is 4.42 Å². The summed E-state index contributed by atoms with van der Waals surface area (Å²) in [6, 6.07) is 5.20. The molecule has 1 aromatic carbocycles. The zero-order valence-corrected chi connectivity index (χ0v) is 21.4. The van der Waals surface area contributed by atoms with Gasteiger partial charge < -0.3 is 14.6 Å². The molecule has 2 saturated heterocycles. The van der Waals surface area contributed by atoms with Gasteiger partial charge in [-0.1, -0.05) is 0 Å². The van der Waals surface area contributed by atoms with Crippen molar-refractivity contribution in [3.05, 3.63) is 39.7 Å². The lowest BCUT2D eigenvalue weighted by molar-refractivity contribution is -0.130. The molecule has 0 aliphatic carbocycles. The SMILES string of the molecule is CCN(CC)c1ccc2c(C)c(CCN3C(=O)NC4(CCN(S(=O)(=O)CC)C4)C3=O)c(=O)oc2c1. The highest BCUT2D eigenvalue weighted by molar-refractivity contribution is 7.89. The first-order valence-electron chi connectivity index (χ1n) is 12.0. The number of anilines is 1. The number of nitrogens with one attached hydrogen (secondary N) is 1. The summed E-state index contributed by atoms with van der Waals surface area (Å²) in [6.07, 6.45) is 0.368. The maximum atomic E-state index is 13.2. The first-order chi connectivity index (χ1) is 16.6. The van der Waals surface area contributed by atoms with Gasteiger partial charge in [0.15, 0.2) is 0 Å². The second-order valence-electron chi connectivity index (χ2n) is 9.05. The number of urea groups is 1. The minimum Gasteiger partial charge on any atom is -0.422 e. The first-order valence-corrected chi connectivity index (χ1v) is 13.6. The number of sulfonamides is 1. The summed E-state index contributed by atoms with van der Waals surface area (Å²) < 4.78 is 31.3. The number of nitrogens with zero attached hydrogens (tertiary/aromatic N) is 3. The Morgan fingerprint density at radius 2 is 1.86 bits per heavy atom. The molecule has 2 aliphatic heterocycles. The Kier molecular flexibility index (Phi) is 6.67. The second kappa shape index (κ2) is 9.27. The fourth-order valence-electron chi connectivity index (χ4n) is 5.03. The van der Waals surface area contributed by atoms with Crippen LogP contribution in [0.1, 0.15) is 38.3 Å². The van der Waals surface area contributed by atoms with Crippen molar-refractivity contribution in [1.29, 1.82) is 0 Å². The van der Waals surface area contributed by atoms with E-state index in [1.54, 1.807) is 6.92 Å². The molecule has 3 heterocycles. The number of hydrogen-bond acceptors (Lipinski definition) is 7. The van der Waals surface area contributed by atoms with Crippen LogP contribution < -0.4 is 15.8 Å². The van der Waals surface area contributed by atoms with E-state index in [2.05, 4.69) is 24.1 Å². The third-order valence-electron chi connectivity index (χ3n) is 7.22. The molecule has 2 aliphatic rings. The van der Waals surface area contributed by atoms with Crippen molar-refractivity contribution in [2.24, 2.45) is 0 Å². The molecule has 1 unspecified atom stereocenters. The minimum absolute atomic E-state index is 0.00157. The standard InChI is InChI=1S/C24H32N4O6S/c1-5-26(6-2)17-8-9-18-16(4)19(21(29)34-20(18)14-17)10-12-28-22(30)24(25-23(28)31)11-13-27(15-24)35(32,33)7-3/h8-9,14H,5-7,10-13,15H2,1-4H3,(H,25,31). The largest absolute Gasteiger partial charge is 0.422 e. The number of hydrogen-bond donors (Lipinski definition) is 1. The van der Waals surface area contributed by atoms with E-state index in [1.807, 2.05) is 25.1 Å². The average molecular weight is 505 g/mol. The molecule has 2 fully saturated rings. The fraction of sp³-hybridized carbons (Fsp3) is 0.542. The Labute approximate surface area is 204 Å². The van der Waals surface area contributed by atoms with Crippen LogP contribution >= 0.6 is 0 Å². The highest BCUT2D eigenvalue weighted by Gasteiger charge is 2.56. The van der Waals surface area contributed by atoms with Crippen molar-refractivity contribution in [3.8, 4) is 0 Å². The van der Waals surface area contributed by atoms with E-state index in [0.29, 0.717) is 11.1 Å². The predicted octanol–water partition coefficient (Wildman–Crippen LogP) is 1.84. The van der Waals surface area contributed by atoms with E-state index in [-0.39, 0.29) is 38.2 Å². The Hall–Kier alpha value is -2.92. The van der Waals surface area contributed by atoms with Crippen LogP contribution in [0.3, 0.4) is 0 Å². The fourth-order valence-corrected chi connectivity index (χ4v) is 6.18.